The molecule has 34 heavy (non-hydrogen) atoms. The lowest BCUT2D eigenvalue weighted by Crippen LogP contribution is -2.44. The summed E-state index contributed by atoms with van der Waals surface area (Å²) in [5.74, 6) is -0.882. The van der Waals surface area contributed by atoms with E-state index >= 15 is 0 Å². The lowest BCUT2D eigenvalue weighted by molar-refractivity contribution is -0.144. The Morgan fingerprint density at radius 2 is 1.71 bits per heavy atom. The number of nitrogens with one attached hydrogen (secondary N) is 1. The first kappa shape index (κ1) is 22.4. The van der Waals surface area contributed by atoms with E-state index in [9.17, 15) is 19.5 Å². The highest BCUT2D eigenvalue weighted by molar-refractivity contribution is 5.84. The van der Waals surface area contributed by atoms with Gasteiger partial charge in [0.25, 0.3) is 0 Å². The normalized spacial score (nSPS) is 23.1. The molecule has 7 heteroatoms. The minimum atomic E-state index is -0.815. The molecule has 3 aliphatic rings. The molecular weight excluding hydrogens is 432 g/mol. The second-order valence-corrected chi connectivity index (χ2v) is 10.2. The first-order valence-electron chi connectivity index (χ1n) is 11.9. The molecule has 0 radical (unpaired) electrons. The zero-order valence-electron chi connectivity index (χ0n) is 19.5. The summed E-state index contributed by atoms with van der Waals surface area (Å²) in [7, 11) is 0. The molecule has 2 aromatic carbocycles. The predicted octanol–water partition coefficient (Wildman–Crippen LogP) is 3.87. The summed E-state index contributed by atoms with van der Waals surface area (Å²) in [4.78, 5) is 38.7. The highest BCUT2D eigenvalue weighted by Gasteiger charge is 2.66. The van der Waals surface area contributed by atoms with Crippen LogP contribution in [0, 0.1) is 17.3 Å². The van der Waals surface area contributed by atoms with Crippen molar-refractivity contribution in [2.75, 3.05) is 19.7 Å². The van der Waals surface area contributed by atoms with Crippen LogP contribution in [0.4, 0.5) is 4.79 Å². The third kappa shape index (κ3) is 3.83. The summed E-state index contributed by atoms with van der Waals surface area (Å²) in [6, 6.07) is 15.9. The topological polar surface area (TPSA) is 95.9 Å². The SMILES string of the molecule is CC(C)[C@H](CC(=O)N1CC2CC2(C(=O)O)C1)NC(=O)OCC1c2ccccc2-c2ccccc21. The molecule has 178 valence electrons. The number of hydrogen-bond donors (Lipinski definition) is 2. The molecule has 2 amide bonds. The first-order valence-corrected chi connectivity index (χ1v) is 11.9. The smallest absolute Gasteiger partial charge is 0.407 e. The molecule has 1 saturated heterocycles. The maximum absolute atomic E-state index is 12.9. The molecule has 2 aromatic rings. The van der Waals surface area contributed by atoms with Crippen molar-refractivity contribution in [2.24, 2.45) is 17.3 Å². The zero-order valence-corrected chi connectivity index (χ0v) is 19.5. The summed E-state index contributed by atoms with van der Waals surface area (Å²) in [6.07, 6.45) is 0.238. The largest absolute Gasteiger partial charge is 0.481 e. The molecule has 3 atom stereocenters. The van der Waals surface area contributed by atoms with E-state index in [1.54, 1.807) is 4.90 Å². The van der Waals surface area contributed by atoms with E-state index < -0.39 is 17.5 Å². The van der Waals surface area contributed by atoms with E-state index in [0.717, 1.165) is 11.1 Å². The molecule has 0 bridgehead atoms. The predicted molar refractivity (Wildman–Crippen MR) is 126 cm³/mol. The van der Waals surface area contributed by atoms with Gasteiger partial charge in [0.1, 0.15) is 6.61 Å². The molecule has 7 nitrogen and oxygen atoms in total. The van der Waals surface area contributed by atoms with E-state index in [4.69, 9.17) is 4.74 Å². The highest BCUT2D eigenvalue weighted by atomic mass is 16.5. The molecule has 0 spiro atoms. The fourth-order valence-electron chi connectivity index (χ4n) is 5.57. The second kappa shape index (κ2) is 8.46. The average molecular weight is 463 g/mol. The molecule has 2 fully saturated rings. The molecule has 2 unspecified atom stereocenters. The van der Waals surface area contributed by atoms with Crippen LogP contribution >= 0.6 is 0 Å². The first-order chi connectivity index (χ1) is 16.3. The summed E-state index contributed by atoms with van der Waals surface area (Å²) in [5.41, 5.74) is 3.88. The molecular formula is C27H30N2O5. The lowest BCUT2D eigenvalue weighted by Gasteiger charge is -2.26. The monoisotopic (exact) mass is 462 g/mol. The van der Waals surface area contributed by atoms with Gasteiger partial charge in [-0.3, -0.25) is 9.59 Å². The molecule has 0 aromatic heterocycles. The maximum atomic E-state index is 12.9. The van der Waals surface area contributed by atoms with Gasteiger partial charge in [0.15, 0.2) is 0 Å². The van der Waals surface area contributed by atoms with Crippen molar-refractivity contribution in [1.29, 1.82) is 0 Å². The number of rotatable bonds is 7. The highest BCUT2D eigenvalue weighted by Crippen LogP contribution is 2.58. The van der Waals surface area contributed by atoms with Gasteiger partial charge in [-0.2, -0.15) is 0 Å². The summed E-state index contributed by atoms with van der Waals surface area (Å²) in [5, 5.41) is 12.3. The van der Waals surface area contributed by atoms with Crippen LogP contribution in [0.15, 0.2) is 48.5 Å². The van der Waals surface area contributed by atoms with Gasteiger partial charge in [0.05, 0.1) is 5.41 Å². The Bertz CT molecular complexity index is 1100. The number of carboxylic acid groups (broad SMARTS) is 1. The Hall–Kier alpha value is -3.35. The minimum Gasteiger partial charge on any atom is -0.481 e. The van der Waals surface area contributed by atoms with E-state index in [0.29, 0.717) is 13.0 Å². The Balaban J connectivity index is 1.19. The number of ether oxygens (including phenoxy) is 1. The Kier molecular flexibility index (Phi) is 5.58. The fourth-order valence-corrected chi connectivity index (χ4v) is 5.57. The number of hydrogen-bond acceptors (Lipinski definition) is 4. The van der Waals surface area contributed by atoms with Crippen LogP contribution in [0.25, 0.3) is 11.1 Å². The number of carboxylic acids is 1. The third-order valence-electron chi connectivity index (χ3n) is 7.77. The van der Waals surface area contributed by atoms with Crippen molar-refractivity contribution in [2.45, 2.75) is 38.6 Å². The summed E-state index contributed by atoms with van der Waals surface area (Å²) < 4.78 is 5.65. The maximum Gasteiger partial charge on any atom is 0.407 e. The van der Waals surface area contributed by atoms with E-state index in [-0.39, 0.29) is 49.3 Å². The van der Waals surface area contributed by atoms with Gasteiger partial charge in [-0.25, -0.2) is 4.79 Å². The van der Waals surface area contributed by atoms with Gasteiger partial charge in [0, 0.05) is 31.5 Å². The van der Waals surface area contributed by atoms with Crippen molar-refractivity contribution in [3.8, 4) is 11.1 Å². The van der Waals surface area contributed by atoms with Crippen molar-refractivity contribution in [3.05, 3.63) is 59.7 Å². The molecule has 5 rings (SSSR count). The number of carbonyl (C=O) groups excluding carboxylic acids is 2. The molecule has 2 aliphatic carbocycles. The number of fused-ring (bicyclic) bond motifs is 4. The summed E-state index contributed by atoms with van der Waals surface area (Å²) >= 11 is 0. The minimum absolute atomic E-state index is 0.0232. The van der Waals surface area contributed by atoms with Crippen molar-refractivity contribution < 1.29 is 24.2 Å². The van der Waals surface area contributed by atoms with Crippen molar-refractivity contribution in [3.63, 3.8) is 0 Å². The quantitative estimate of drug-likeness (QED) is 0.651. The number of piperidine rings is 1. The average Bonchev–Trinajstić information content (AvgIpc) is 3.25. The van der Waals surface area contributed by atoms with Gasteiger partial charge in [0.2, 0.25) is 5.91 Å². The van der Waals surface area contributed by atoms with Crippen LogP contribution in [0.5, 0.6) is 0 Å². The van der Waals surface area contributed by atoms with Gasteiger partial charge in [-0.05, 0) is 40.5 Å². The van der Waals surface area contributed by atoms with Crippen LogP contribution < -0.4 is 5.32 Å². The number of benzene rings is 2. The van der Waals surface area contributed by atoms with E-state index in [1.807, 2.05) is 38.1 Å². The van der Waals surface area contributed by atoms with Gasteiger partial charge in [-0.1, -0.05) is 62.4 Å². The van der Waals surface area contributed by atoms with Crippen LogP contribution in [0.3, 0.4) is 0 Å². The van der Waals surface area contributed by atoms with E-state index in [2.05, 4.69) is 29.6 Å². The van der Waals surface area contributed by atoms with Crippen LogP contribution in [-0.4, -0.2) is 53.7 Å². The third-order valence-corrected chi connectivity index (χ3v) is 7.77. The molecule has 1 saturated carbocycles. The number of likely N-dealkylation sites (tertiary alicyclic amines) is 1. The standard InChI is InChI=1S/C27H30N2O5/c1-16(2)23(11-24(30)29-13-17-12-27(17,15-29)25(31)32)28-26(33)34-14-22-20-9-5-3-7-18(20)19-8-4-6-10-21(19)22/h3-10,16-17,22-23H,11-15H2,1-2H3,(H,28,33)(H,31,32)/t17?,23-,27?/m0/s1. The van der Waals surface area contributed by atoms with Gasteiger partial charge in [-0.15, -0.1) is 0 Å². The Morgan fingerprint density at radius 1 is 1.09 bits per heavy atom. The zero-order chi connectivity index (χ0) is 24.0. The number of carbonyl (C=O) groups is 3. The number of amides is 2. The Morgan fingerprint density at radius 3 is 2.26 bits per heavy atom. The number of nitrogens with zero attached hydrogens (tertiary/aromatic N) is 1. The van der Waals surface area contributed by atoms with Crippen molar-refractivity contribution in [1.82, 2.24) is 10.2 Å². The molecule has 1 aliphatic heterocycles. The van der Waals surface area contributed by atoms with Gasteiger partial charge >= 0.3 is 12.1 Å². The van der Waals surface area contributed by atoms with Crippen LogP contribution in [0.1, 0.15) is 43.7 Å². The number of aliphatic carboxylic acids is 1. The second-order valence-electron chi connectivity index (χ2n) is 10.2. The van der Waals surface area contributed by atoms with Gasteiger partial charge < -0.3 is 20.1 Å². The Labute approximate surface area is 199 Å². The molecule has 1 heterocycles. The molecule has 2 N–H and O–H groups in total. The summed E-state index contributed by atoms with van der Waals surface area (Å²) in [6.45, 7) is 4.86. The lowest BCUT2D eigenvalue weighted by atomic mass is 9.98. The van der Waals surface area contributed by atoms with Crippen LogP contribution in [0.2, 0.25) is 0 Å². The fraction of sp³-hybridized carbons (Fsp3) is 0.444. The van der Waals surface area contributed by atoms with Crippen LogP contribution in [-0.2, 0) is 14.3 Å². The number of alkyl carbamates (subject to hydrolysis) is 1. The van der Waals surface area contributed by atoms with Crippen molar-refractivity contribution >= 4 is 18.0 Å². The van der Waals surface area contributed by atoms with E-state index in [1.165, 1.54) is 11.1 Å².